The molecule has 0 fully saturated rings. The molecule has 0 radical (unpaired) electrons. The fraction of sp³-hybridized carbons (Fsp3) is 0.118. The SMILES string of the molecule is COc1ccc(C=Nn2c(-c3ccc(Br)cc3)n[nH]c2=S)cc1OC. The average Bonchev–Trinajstić information content (AvgIpc) is 3.01. The summed E-state index contributed by atoms with van der Waals surface area (Å²) >= 11 is 8.70. The number of halogens is 1. The Balaban J connectivity index is 1.96. The highest BCUT2D eigenvalue weighted by Gasteiger charge is 2.08. The number of benzene rings is 2. The van der Waals surface area contributed by atoms with Crippen LogP contribution < -0.4 is 9.47 Å². The fourth-order valence-electron chi connectivity index (χ4n) is 2.24. The molecule has 8 heteroatoms. The summed E-state index contributed by atoms with van der Waals surface area (Å²) in [5.41, 5.74) is 1.75. The van der Waals surface area contributed by atoms with Crippen molar-refractivity contribution < 1.29 is 9.47 Å². The lowest BCUT2D eigenvalue weighted by molar-refractivity contribution is 0.355. The Morgan fingerprint density at radius 1 is 1.12 bits per heavy atom. The molecule has 1 N–H and O–H groups in total. The van der Waals surface area contributed by atoms with Gasteiger partial charge in [-0.05, 0) is 48.1 Å². The van der Waals surface area contributed by atoms with E-state index in [-0.39, 0.29) is 0 Å². The van der Waals surface area contributed by atoms with Crippen molar-refractivity contribution in [3.63, 3.8) is 0 Å². The van der Waals surface area contributed by atoms with Crippen LogP contribution >= 0.6 is 28.1 Å². The molecule has 0 amide bonds. The highest BCUT2D eigenvalue weighted by atomic mass is 79.9. The van der Waals surface area contributed by atoms with Gasteiger partial charge in [0.15, 0.2) is 17.3 Å². The molecule has 0 atom stereocenters. The van der Waals surface area contributed by atoms with E-state index >= 15 is 0 Å². The van der Waals surface area contributed by atoms with Crippen LogP contribution in [0.2, 0.25) is 0 Å². The number of nitrogens with zero attached hydrogens (tertiary/aromatic N) is 3. The third-order valence-electron chi connectivity index (χ3n) is 3.48. The van der Waals surface area contributed by atoms with E-state index in [0.29, 0.717) is 22.1 Å². The third kappa shape index (κ3) is 3.80. The molecule has 0 bridgehead atoms. The zero-order valence-electron chi connectivity index (χ0n) is 13.6. The zero-order valence-corrected chi connectivity index (χ0v) is 16.0. The molecule has 0 spiro atoms. The molecule has 1 heterocycles. The fourth-order valence-corrected chi connectivity index (χ4v) is 2.69. The largest absolute Gasteiger partial charge is 0.493 e. The first-order chi connectivity index (χ1) is 12.1. The predicted octanol–water partition coefficient (Wildman–Crippen LogP) is 4.27. The Morgan fingerprint density at radius 2 is 1.84 bits per heavy atom. The minimum Gasteiger partial charge on any atom is -0.493 e. The lowest BCUT2D eigenvalue weighted by Gasteiger charge is -2.07. The maximum atomic E-state index is 5.30. The first-order valence-corrected chi connectivity index (χ1v) is 8.52. The van der Waals surface area contributed by atoms with Gasteiger partial charge in [-0.1, -0.05) is 28.1 Å². The predicted molar refractivity (Wildman–Crippen MR) is 103 cm³/mol. The van der Waals surface area contributed by atoms with Crippen LogP contribution in [0.1, 0.15) is 5.56 Å². The minimum absolute atomic E-state index is 0.412. The lowest BCUT2D eigenvalue weighted by atomic mass is 10.2. The standard InChI is InChI=1S/C17H15BrN4O2S/c1-23-14-8-3-11(9-15(14)24-2)10-19-22-16(20-21-17(22)25)12-4-6-13(18)7-5-12/h3-10H,1-2H3,(H,21,25). The van der Waals surface area contributed by atoms with E-state index < -0.39 is 0 Å². The van der Waals surface area contributed by atoms with E-state index in [4.69, 9.17) is 21.7 Å². The Hall–Kier alpha value is -2.45. The van der Waals surface area contributed by atoms with Crippen LogP contribution in [-0.4, -0.2) is 35.3 Å². The highest BCUT2D eigenvalue weighted by Crippen LogP contribution is 2.27. The molecule has 0 aliphatic heterocycles. The molecule has 0 saturated heterocycles. The van der Waals surface area contributed by atoms with Crippen molar-refractivity contribution in [2.75, 3.05) is 14.2 Å². The van der Waals surface area contributed by atoms with E-state index in [1.165, 1.54) is 0 Å². The molecule has 0 aliphatic rings. The van der Waals surface area contributed by atoms with Crippen molar-refractivity contribution >= 4 is 34.4 Å². The second kappa shape index (κ2) is 7.62. The summed E-state index contributed by atoms with van der Waals surface area (Å²) in [6.45, 7) is 0. The van der Waals surface area contributed by atoms with Gasteiger partial charge < -0.3 is 9.47 Å². The number of hydrogen-bond acceptors (Lipinski definition) is 5. The summed E-state index contributed by atoms with van der Waals surface area (Å²) in [5, 5.41) is 11.5. The van der Waals surface area contributed by atoms with Crippen LogP contribution in [0.3, 0.4) is 0 Å². The molecule has 0 aliphatic carbocycles. The summed E-state index contributed by atoms with van der Waals surface area (Å²) in [4.78, 5) is 0. The van der Waals surface area contributed by atoms with E-state index in [9.17, 15) is 0 Å². The summed E-state index contributed by atoms with van der Waals surface area (Å²) < 4.78 is 13.5. The van der Waals surface area contributed by atoms with Crippen LogP contribution in [-0.2, 0) is 0 Å². The normalized spacial score (nSPS) is 11.0. The van der Waals surface area contributed by atoms with Crippen molar-refractivity contribution in [1.82, 2.24) is 14.9 Å². The van der Waals surface area contributed by atoms with Gasteiger partial charge in [-0.2, -0.15) is 14.9 Å². The van der Waals surface area contributed by atoms with Gasteiger partial charge in [0.2, 0.25) is 4.77 Å². The smallest absolute Gasteiger partial charge is 0.216 e. The number of H-pyrrole nitrogens is 1. The first-order valence-electron chi connectivity index (χ1n) is 7.32. The molecule has 6 nitrogen and oxygen atoms in total. The number of ether oxygens (including phenoxy) is 2. The summed E-state index contributed by atoms with van der Waals surface area (Å²) in [6.07, 6.45) is 1.69. The number of rotatable bonds is 5. The van der Waals surface area contributed by atoms with Gasteiger partial charge in [-0.3, -0.25) is 0 Å². The van der Waals surface area contributed by atoms with Crippen LogP contribution in [0.15, 0.2) is 52.0 Å². The van der Waals surface area contributed by atoms with E-state index in [1.807, 2.05) is 42.5 Å². The molecule has 25 heavy (non-hydrogen) atoms. The Morgan fingerprint density at radius 3 is 2.52 bits per heavy atom. The zero-order chi connectivity index (χ0) is 17.8. The lowest BCUT2D eigenvalue weighted by Crippen LogP contribution is -1.96. The molecule has 0 unspecified atom stereocenters. The number of aromatic nitrogens is 3. The van der Waals surface area contributed by atoms with Gasteiger partial charge >= 0.3 is 0 Å². The Labute approximate surface area is 158 Å². The molecule has 128 valence electrons. The van der Waals surface area contributed by atoms with Crippen molar-refractivity contribution in [3.8, 4) is 22.9 Å². The number of aromatic amines is 1. The van der Waals surface area contributed by atoms with E-state index in [1.54, 1.807) is 25.1 Å². The monoisotopic (exact) mass is 418 g/mol. The Bertz CT molecular complexity index is 964. The van der Waals surface area contributed by atoms with Crippen LogP contribution in [0.5, 0.6) is 11.5 Å². The van der Waals surface area contributed by atoms with Gasteiger partial charge in [0.25, 0.3) is 0 Å². The number of hydrogen-bond donors (Lipinski definition) is 1. The average molecular weight is 419 g/mol. The van der Waals surface area contributed by atoms with E-state index in [0.717, 1.165) is 15.6 Å². The number of methoxy groups -OCH3 is 2. The minimum atomic E-state index is 0.412. The summed E-state index contributed by atoms with van der Waals surface area (Å²) in [6, 6.07) is 13.3. The van der Waals surface area contributed by atoms with Gasteiger partial charge in [0, 0.05) is 10.0 Å². The molecule has 3 rings (SSSR count). The van der Waals surface area contributed by atoms with Crippen molar-refractivity contribution in [3.05, 3.63) is 57.3 Å². The Kier molecular flexibility index (Phi) is 5.30. The second-order valence-electron chi connectivity index (χ2n) is 5.03. The molecule has 3 aromatic rings. The van der Waals surface area contributed by atoms with Crippen LogP contribution in [0.4, 0.5) is 0 Å². The van der Waals surface area contributed by atoms with Crippen molar-refractivity contribution in [2.45, 2.75) is 0 Å². The summed E-state index contributed by atoms with van der Waals surface area (Å²) in [5.74, 6) is 1.93. The van der Waals surface area contributed by atoms with Crippen molar-refractivity contribution in [1.29, 1.82) is 0 Å². The van der Waals surface area contributed by atoms with Crippen LogP contribution in [0, 0.1) is 4.77 Å². The quantitative estimate of drug-likeness (QED) is 0.496. The van der Waals surface area contributed by atoms with Gasteiger partial charge in [-0.25, -0.2) is 5.10 Å². The van der Waals surface area contributed by atoms with Gasteiger partial charge in [0.05, 0.1) is 20.4 Å². The van der Waals surface area contributed by atoms with Gasteiger partial charge in [-0.15, -0.1) is 0 Å². The van der Waals surface area contributed by atoms with Crippen molar-refractivity contribution in [2.24, 2.45) is 5.10 Å². The maximum Gasteiger partial charge on any atom is 0.216 e. The molecule has 0 saturated carbocycles. The topological polar surface area (TPSA) is 64.4 Å². The van der Waals surface area contributed by atoms with Crippen LogP contribution in [0.25, 0.3) is 11.4 Å². The molecule has 1 aromatic heterocycles. The molecular formula is C17H15BrN4O2S. The third-order valence-corrected chi connectivity index (χ3v) is 4.28. The maximum absolute atomic E-state index is 5.30. The first kappa shape index (κ1) is 17.4. The van der Waals surface area contributed by atoms with E-state index in [2.05, 4.69) is 31.2 Å². The number of nitrogens with one attached hydrogen (secondary N) is 1. The summed E-state index contributed by atoms with van der Waals surface area (Å²) in [7, 11) is 3.19. The molecule has 2 aromatic carbocycles. The highest BCUT2D eigenvalue weighted by molar-refractivity contribution is 9.10. The second-order valence-corrected chi connectivity index (χ2v) is 6.33. The molecular weight excluding hydrogens is 404 g/mol. The van der Waals surface area contributed by atoms with Gasteiger partial charge in [0.1, 0.15) is 0 Å².